The van der Waals surface area contributed by atoms with Gasteiger partial charge in [0.15, 0.2) is 9.84 Å². The molecule has 2 rings (SSSR count). The van der Waals surface area contributed by atoms with Crippen molar-refractivity contribution in [2.75, 3.05) is 19.4 Å². The number of methoxy groups -OCH3 is 1. The molecule has 2 unspecified atom stereocenters. The zero-order chi connectivity index (χ0) is 13.2. The average Bonchev–Trinajstić information content (AvgIpc) is 2.89. The lowest BCUT2D eigenvalue weighted by Gasteiger charge is -2.18. The van der Waals surface area contributed by atoms with Gasteiger partial charge in [0, 0.05) is 18.2 Å². The summed E-state index contributed by atoms with van der Waals surface area (Å²) in [7, 11) is -1.53. The Morgan fingerprint density at radius 3 is 2.89 bits per heavy atom. The van der Waals surface area contributed by atoms with E-state index < -0.39 is 15.2 Å². The summed E-state index contributed by atoms with van der Waals surface area (Å²) in [6, 6.07) is 7.54. The Labute approximate surface area is 107 Å². The molecular formula is C12H18N2O3S. The van der Waals surface area contributed by atoms with Crippen molar-refractivity contribution in [2.24, 2.45) is 0 Å². The van der Waals surface area contributed by atoms with Gasteiger partial charge in [0.05, 0.1) is 7.11 Å². The predicted molar refractivity (Wildman–Crippen MR) is 70.1 cm³/mol. The molecule has 0 saturated carbocycles. The van der Waals surface area contributed by atoms with Crippen LogP contribution < -0.4 is 15.6 Å². The van der Waals surface area contributed by atoms with Gasteiger partial charge in [-0.25, -0.2) is 13.8 Å². The second-order valence-corrected chi connectivity index (χ2v) is 6.69. The molecule has 1 saturated heterocycles. The fraction of sp³-hybridized carbons (Fsp3) is 0.500. The fourth-order valence-corrected chi connectivity index (χ4v) is 3.54. The maximum atomic E-state index is 12.0. The highest BCUT2D eigenvalue weighted by molar-refractivity contribution is 7.92. The van der Waals surface area contributed by atoms with Gasteiger partial charge < -0.3 is 4.74 Å². The van der Waals surface area contributed by atoms with Gasteiger partial charge in [-0.1, -0.05) is 19.1 Å². The van der Waals surface area contributed by atoms with Crippen LogP contribution in [-0.2, 0) is 9.84 Å². The van der Waals surface area contributed by atoms with Gasteiger partial charge in [0.1, 0.15) is 11.1 Å². The van der Waals surface area contributed by atoms with Crippen molar-refractivity contribution in [3.8, 4) is 5.75 Å². The summed E-state index contributed by atoms with van der Waals surface area (Å²) >= 11 is 0. The van der Waals surface area contributed by atoms with E-state index in [1.165, 1.54) is 0 Å². The van der Waals surface area contributed by atoms with E-state index in [2.05, 4.69) is 10.9 Å². The molecule has 0 spiro atoms. The molecule has 18 heavy (non-hydrogen) atoms. The van der Waals surface area contributed by atoms with Crippen LogP contribution in [0.15, 0.2) is 24.3 Å². The van der Waals surface area contributed by atoms with Crippen LogP contribution in [0.1, 0.15) is 18.4 Å². The number of hydrogen-bond donors (Lipinski definition) is 2. The lowest BCUT2D eigenvalue weighted by molar-refractivity contribution is 0.414. The summed E-state index contributed by atoms with van der Waals surface area (Å²) in [4.78, 5) is 0. The molecule has 5 nitrogen and oxygen atoms in total. The van der Waals surface area contributed by atoms with E-state index in [4.69, 9.17) is 4.74 Å². The van der Waals surface area contributed by atoms with E-state index in [0.717, 1.165) is 11.3 Å². The summed E-state index contributed by atoms with van der Waals surface area (Å²) < 4.78 is 29.2. The smallest absolute Gasteiger partial charge is 0.167 e. The van der Waals surface area contributed by atoms with Crippen molar-refractivity contribution in [1.29, 1.82) is 0 Å². The first-order valence-electron chi connectivity index (χ1n) is 5.92. The summed E-state index contributed by atoms with van der Waals surface area (Å²) in [6.45, 7) is 2.26. The van der Waals surface area contributed by atoms with E-state index >= 15 is 0 Å². The first-order valence-corrected chi connectivity index (χ1v) is 7.64. The van der Waals surface area contributed by atoms with Crippen LogP contribution in [0.5, 0.6) is 5.75 Å². The maximum Gasteiger partial charge on any atom is 0.167 e. The number of sulfone groups is 1. The summed E-state index contributed by atoms with van der Waals surface area (Å²) in [5, 5.41) is -0.574. The number of ether oxygens (including phenoxy) is 1. The minimum Gasteiger partial charge on any atom is -0.497 e. The number of hydrogen-bond acceptors (Lipinski definition) is 5. The molecule has 1 aromatic carbocycles. The molecule has 0 radical (unpaired) electrons. The van der Waals surface area contributed by atoms with E-state index in [9.17, 15) is 8.42 Å². The zero-order valence-corrected chi connectivity index (χ0v) is 11.3. The van der Waals surface area contributed by atoms with E-state index in [-0.39, 0.29) is 11.7 Å². The van der Waals surface area contributed by atoms with E-state index in [1.54, 1.807) is 14.0 Å². The lowest BCUT2D eigenvalue weighted by atomic mass is 10.00. The highest BCUT2D eigenvalue weighted by Crippen LogP contribution is 2.28. The predicted octanol–water partition coefficient (Wildman–Crippen LogP) is 0.647. The molecule has 0 aliphatic carbocycles. The lowest BCUT2D eigenvalue weighted by Crippen LogP contribution is -2.39. The van der Waals surface area contributed by atoms with Crippen LogP contribution in [-0.4, -0.2) is 33.2 Å². The molecule has 1 aliphatic rings. The highest BCUT2D eigenvalue weighted by atomic mass is 32.2. The number of nitrogens with one attached hydrogen (secondary N) is 2. The standard InChI is InChI=1S/C12H18N2O3S/c1-3-18(15,16)12-11(8-13-14-12)9-5-4-6-10(7-9)17-2/h4-7,11-14H,3,8H2,1-2H3. The third-order valence-corrected chi connectivity index (χ3v) is 5.27. The minimum atomic E-state index is -3.13. The Morgan fingerprint density at radius 2 is 2.22 bits per heavy atom. The minimum absolute atomic E-state index is 0.0925. The first-order chi connectivity index (χ1) is 8.58. The van der Waals surface area contributed by atoms with Gasteiger partial charge in [0.2, 0.25) is 0 Å². The molecule has 0 aromatic heterocycles. The molecule has 2 atom stereocenters. The Kier molecular flexibility index (Phi) is 3.89. The maximum absolute atomic E-state index is 12.0. The fourth-order valence-electron chi connectivity index (χ4n) is 2.16. The van der Waals surface area contributed by atoms with Crippen molar-refractivity contribution >= 4 is 9.84 Å². The third kappa shape index (κ3) is 2.50. The molecule has 6 heteroatoms. The monoisotopic (exact) mass is 270 g/mol. The van der Waals surface area contributed by atoms with Crippen LogP contribution in [0, 0.1) is 0 Å². The van der Waals surface area contributed by atoms with E-state index in [0.29, 0.717) is 6.54 Å². The molecule has 1 aromatic rings. The van der Waals surface area contributed by atoms with Crippen LogP contribution in [0.25, 0.3) is 0 Å². The van der Waals surface area contributed by atoms with Gasteiger partial charge in [-0.15, -0.1) is 0 Å². The van der Waals surface area contributed by atoms with Crippen molar-refractivity contribution < 1.29 is 13.2 Å². The van der Waals surface area contributed by atoms with Gasteiger partial charge >= 0.3 is 0 Å². The molecule has 2 N–H and O–H groups in total. The summed E-state index contributed by atoms with van der Waals surface area (Å²) in [5.41, 5.74) is 6.75. The quantitative estimate of drug-likeness (QED) is 0.841. The van der Waals surface area contributed by atoms with Gasteiger partial charge in [0.25, 0.3) is 0 Å². The van der Waals surface area contributed by atoms with E-state index in [1.807, 2.05) is 24.3 Å². The largest absolute Gasteiger partial charge is 0.497 e. The average molecular weight is 270 g/mol. The van der Waals surface area contributed by atoms with Crippen molar-refractivity contribution in [3.63, 3.8) is 0 Å². The van der Waals surface area contributed by atoms with Crippen LogP contribution in [0.2, 0.25) is 0 Å². The van der Waals surface area contributed by atoms with Crippen molar-refractivity contribution in [1.82, 2.24) is 10.9 Å². The van der Waals surface area contributed by atoms with Crippen molar-refractivity contribution in [3.05, 3.63) is 29.8 Å². The molecule has 1 aliphatic heterocycles. The Bertz CT molecular complexity index is 516. The SMILES string of the molecule is CCS(=O)(=O)C1NNCC1c1cccc(OC)c1. The normalized spacial score (nSPS) is 24.1. The van der Waals surface area contributed by atoms with Crippen LogP contribution >= 0.6 is 0 Å². The number of hydrazine groups is 1. The zero-order valence-electron chi connectivity index (χ0n) is 10.5. The van der Waals surface area contributed by atoms with Crippen molar-refractivity contribution in [2.45, 2.75) is 18.2 Å². The van der Waals surface area contributed by atoms with Gasteiger partial charge in [-0.3, -0.25) is 5.43 Å². The second kappa shape index (κ2) is 5.26. The topological polar surface area (TPSA) is 67.4 Å². The summed E-state index contributed by atoms with van der Waals surface area (Å²) in [5.74, 6) is 0.782. The van der Waals surface area contributed by atoms with Crippen LogP contribution in [0.3, 0.4) is 0 Å². The van der Waals surface area contributed by atoms with Gasteiger partial charge in [-0.2, -0.15) is 0 Å². The first kappa shape index (κ1) is 13.3. The molecule has 1 heterocycles. The molecule has 1 fully saturated rings. The molecule has 0 bridgehead atoms. The van der Waals surface area contributed by atoms with Crippen LogP contribution in [0.4, 0.5) is 0 Å². The molecular weight excluding hydrogens is 252 g/mol. The molecule has 100 valence electrons. The Hall–Kier alpha value is -1.11. The highest BCUT2D eigenvalue weighted by Gasteiger charge is 2.37. The summed E-state index contributed by atoms with van der Waals surface area (Å²) in [6.07, 6.45) is 0. The number of rotatable bonds is 4. The second-order valence-electron chi connectivity index (χ2n) is 4.28. The Morgan fingerprint density at radius 1 is 1.44 bits per heavy atom. The number of benzene rings is 1. The van der Waals surface area contributed by atoms with Gasteiger partial charge in [-0.05, 0) is 17.7 Å². The third-order valence-electron chi connectivity index (χ3n) is 3.24. The Balaban J connectivity index is 2.31. The molecule has 0 amide bonds.